The van der Waals surface area contributed by atoms with Crippen LogP contribution in [0.1, 0.15) is 25.0 Å². The van der Waals surface area contributed by atoms with Crippen molar-refractivity contribution in [1.29, 1.82) is 0 Å². The summed E-state index contributed by atoms with van der Waals surface area (Å²) in [6, 6.07) is 10.8. The number of rotatable bonds is 6. The minimum atomic E-state index is -0.524. The molecule has 0 amide bonds. The van der Waals surface area contributed by atoms with Crippen LogP contribution in [0.4, 0.5) is 0 Å². The Bertz CT molecular complexity index is 940. The first-order chi connectivity index (χ1) is 13.0. The van der Waals surface area contributed by atoms with Crippen LogP contribution in [-0.2, 0) is 9.53 Å². The van der Waals surface area contributed by atoms with Crippen molar-refractivity contribution in [2.45, 2.75) is 13.8 Å². The Hall–Kier alpha value is -2.31. The Balaban J connectivity index is 1.98. The van der Waals surface area contributed by atoms with Gasteiger partial charge in [0.25, 0.3) is 0 Å². The Morgan fingerprint density at radius 3 is 2.63 bits per heavy atom. The summed E-state index contributed by atoms with van der Waals surface area (Å²) in [5.41, 5.74) is 1.55. The van der Waals surface area contributed by atoms with E-state index in [1.54, 1.807) is 18.2 Å². The zero-order valence-electron chi connectivity index (χ0n) is 14.8. The van der Waals surface area contributed by atoms with E-state index in [1.165, 1.54) is 0 Å². The smallest absolute Gasteiger partial charge is 0.363 e. The van der Waals surface area contributed by atoms with Crippen molar-refractivity contribution < 1.29 is 19.0 Å². The van der Waals surface area contributed by atoms with Crippen LogP contribution in [0.5, 0.6) is 11.5 Å². The molecule has 0 aromatic heterocycles. The molecule has 0 bridgehead atoms. The maximum absolute atomic E-state index is 12.2. The molecule has 7 heteroatoms. The van der Waals surface area contributed by atoms with Gasteiger partial charge in [-0.1, -0.05) is 23.7 Å². The van der Waals surface area contributed by atoms with E-state index < -0.39 is 5.97 Å². The summed E-state index contributed by atoms with van der Waals surface area (Å²) in [5.74, 6) is 0.721. The second-order valence-corrected chi connectivity index (χ2v) is 6.77. The predicted molar refractivity (Wildman–Crippen MR) is 109 cm³/mol. The van der Waals surface area contributed by atoms with E-state index in [0.717, 1.165) is 4.47 Å². The van der Waals surface area contributed by atoms with E-state index in [0.29, 0.717) is 40.9 Å². The van der Waals surface area contributed by atoms with Gasteiger partial charge in [-0.15, -0.1) is 0 Å². The molecule has 1 aliphatic heterocycles. The second kappa shape index (κ2) is 8.59. The second-order valence-electron chi connectivity index (χ2n) is 5.51. The standard InChI is InChI=1S/C20H17BrClNO4/c1-3-25-17-11-12(9-15(22)18(17)26-4-2)10-16-20(24)27-19(23-16)13-7-5-6-8-14(13)21/h5-11H,3-4H2,1-2H3/b16-10-. The molecule has 0 spiro atoms. The molecule has 2 aromatic rings. The Morgan fingerprint density at radius 2 is 1.93 bits per heavy atom. The molecule has 0 aliphatic carbocycles. The van der Waals surface area contributed by atoms with Gasteiger partial charge in [0.15, 0.2) is 17.2 Å². The van der Waals surface area contributed by atoms with Crippen molar-refractivity contribution >= 4 is 45.5 Å². The van der Waals surface area contributed by atoms with E-state index in [9.17, 15) is 4.79 Å². The Morgan fingerprint density at radius 1 is 1.19 bits per heavy atom. The first-order valence-electron chi connectivity index (χ1n) is 8.40. The van der Waals surface area contributed by atoms with E-state index in [-0.39, 0.29) is 11.6 Å². The Kier molecular flexibility index (Phi) is 6.19. The lowest BCUT2D eigenvalue weighted by Gasteiger charge is -2.13. The highest BCUT2D eigenvalue weighted by Gasteiger charge is 2.25. The molecule has 3 rings (SSSR count). The van der Waals surface area contributed by atoms with Crippen LogP contribution in [0, 0.1) is 0 Å². The zero-order valence-corrected chi connectivity index (χ0v) is 17.1. The lowest BCUT2D eigenvalue weighted by Crippen LogP contribution is -2.05. The van der Waals surface area contributed by atoms with Crippen LogP contribution in [0.25, 0.3) is 6.08 Å². The first-order valence-corrected chi connectivity index (χ1v) is 9.57. The molecular formula is C20H17BrClNO4. The molecule has 0 saturated heterocycles. The van der Waals surface area contributed by atoms with Crippen molar-refractivity contribution in [3.05, 3.63) is 62.7 Å². The molecule has 2 aromatic carbocycles. The van der Waals surface area contributed by atoms with Gasteiger partial charge in [-0.3, -0.25) is 0 Å². The minimum absolute atomic E-state index is 0.184. The number of carbonyl (C=O) groups is 1. The lowest BCUT2D eigenvalue weighted by atomic mass is 10.1. The van der Waals surface area contributed by atoms with Crippen LogP contribution in [-0.4, -0.2) is 25.1 Å². The molecule has 27 heavy (non-hydrogen) atoms. The van der Waals surface area contributed by atoms with Crippen molar-refractivity contribution in [2.24, 2.45) is 4.99 Å². The Labute approximate surface area is 170 Å². The zero-order chi connectivity index (χ0) is 19.4. The molecule has 0 radical (unpaired) electrons. The number of halogens is 2. The highest BCUT2D eigenvalue weighted by atomic mass is 79.9. The van der Waals surface area contributed by atoms with E-state index in [1.807, 2.05) is 38.1 Å². The fourth-order valence-electron chi connectivity index (χ4n) is 2.54. The normalized spacial score (nSPS) is 14.9. The molecule has 1 aliphatic rings. The van der Waals surface area contributed by atoms with Crippen molar-refractivity contribution in [2.75, 3.05) is 13.2 Å². The molecule has 0 saturated carbocycles. The van der Waals surface area contributed by atoms with Gasteiger partial charge in [0.1, 0.15) is 0 Å². The van der Waals surface area contributed by atoms with Crippen LogP contribution < -0.4 is 9.47 Å². The maximum Gasteiger partial charge on any atom is 0.363 e. The lowest BCUT2D eigenvalue weighted by molar-refractivity contribution is -0.129. The van der Waals surface area contributed by atoms with Gasteiger partial charge in [-0.25, -0.2) is 9.79 Å². The number of carbonyl (C=O) groups excluding carboxylic acids is 1. The monoisotopic (exact) mass is 449 g/mol. The average Bonchev–Trinajstić information content (AvgIpc) is 2.99. The predicted octanol–water partition coefficient (Wildman–Crippen LogP) is 5.24. The molecule has 5 nitrogen and oxygen atoms in total. The summed E-state index contributed by atoms with van der Waals surface area (Å²) in [5, 5.41) is 0.399. The third kappa shape index (κ3) is 4.34. The van der Waals surface area contributed by atoms with Crippen LogP contribution in [0.2, 0.25) is 5.02 Å². The van der Waals surface area contributed by atoms with Crippen molar-refractivity contribution in [3.8, 4) is 11.5 Å². The number of cyclic esters (lactones) is 1. The summed E-state index contributed by atoms with van der Waals surface area (Å²) in [6.07, 6.45) is 1.61. The minimum Gasteiger partial charge on any atom is -0.490 e. The molecular weight excluding hydrogens is 434 g/mol. The van der Waals surface area contributed by atoms with Gasteiger partial charge >= 0.3 is 5.97 Å². The molecule has 0 fully saturated rings. The van der Waals surface area contributed by atoms with E-state index >= 15 is 0 Å². The SMILES string of the molecule is CCOc1cc(/C=C2\N=C(c3ccccc3Br)OC2=O)cc(Cl)c1OCC. The third-order valence-electron chi connectivity index (χ3n) is 3.65. The molecule has 0 N–H and O–H groups in total. The summed E-state index contributed by atoms with van der Waals surface area (Å²) in [7, 11) is 0. The highest BCUT2D eigenvalue weighted by molar-refractivity contribution is 9.10. The maximum atomic E-state index is 12.2. The van der Waals surface area contributed by atoms with E-state index in [2.05, 4.69) is 20.9 Å². The van der Waals surface area contributed by atoms with Crippen LogP contribution >= 0.6 is 27.5 Å². The van der Waals surface area contributed by atoms with E-state index in [4.69, 9.17) is 25.8 Å². The fourth-order valence-corrected chi connectivity index (χ4v) is 3.26. The van der Waals surface area contributed by atoms with Crippen molar-refractivity contribution in [3.63, 3.8) is 0 Å². The number of hydrogen-bond donors (Lipinski definition) is 0. The number of ether oxygens (including phenoxy) is 3. The molecule has 0 atom stereocenters. The number of esters is 1. The number of benzene rings is 2. The quantitative estimate of drug-likeness (QED) is 0.446. The van der Waals surface area contributed by atoms with Crippen LogP contribution in [0.15, 0.2) is 51.6 Å². The first kappa shape index (κ1) is 19.5. The van der Waals surface area contributed by atoms with Gasteiger partial charge in [-0.2, -0.15) is 0 Å². The fraction of sp³-hybridized carbons (Fsp3) is 0.200. The summed E-state index contributed by atoms with van der Waals surface area (Å²) in [6.45, 7) is 4.67. The van der Waals surface area contributed by atoms with Crippen molar-refractivity contribution in [1.82, 2.24) is 0 Å². The van der Waals surface area contributed by atoms with Gasteiger partial charge < -0.3 is 14.2 Å². The molecule has 1 heterocycles. The summed E-state index contributed by atoms with van der Waals surface area (Å²) in [4.78, 5) is 16.5. The highest BCUT2D eigenvalue weighted by Crippen LogP contribution is 2.37. The molecule has 0 unspecified atom stereocenters. The number of nitrogens with zero attached hydrogens (tertiary/aromatic N) is 1. The number of aliphatic imine (C=N–C) groups is 1. The summed E-state index contributed by atoms with van der Waals surface area (Å²) < 4.78 is 17.3. The van der Waals surface area contributed by atoms with Gasteiger partial charge in [0.2, 0.25) is 5.90 Å². The van der Waals surface area contributed by atoms with Crippen LogP contribution in [0.3, 0.4) is 0 Å². The summed E-state index contributed by atoms with van der Waals surface area (Å²) >= 11 is 9.76. The van der Waals surface area contributed by atoms with Gasteiger partial charge in [0.05, 0.1) is 23.8 Å². The van der Waals surface area contributed by atoms with Gasteiger partial charge in [-0.05, 0) is 65.7 Å². The topological polar surface area (TPSA) is 57.1 Å². The average molecular weight is 451 g/mol. The number of hydrogen-bond acceptors (Lipinski definition) is 5. The third-order valence-corrected chi connectivity index (χ3v) is 4.62. The van der Waals surface area contributed by atoms with Gasteiger partial charge in [0, 0.05) is 4.47 Å². The largest absolute Gasteiger partial charge is 0.490 e. The molecule has 140 valence electrons.